The Morgan fingerprint density at radius 3 is 2.42 bits per heavy atom. The quantitative estimate of drug-likeness (QED) is 0.807. The summed E-state index contributed by atoms with van der Waals surface area (Å²) in [6, 6.07) is 7.98. The molecule has 0 bridgehead atoms. The number of rotatable bonds is 7. The average molecular weight is 331 g/mol. The fourth-order valence-corrected chi connectivity index (χ4v) is 3.11. The number of benzene rings is 1. The zero-order chi connectivity index (χ0) is 17.7. The second-order valence-corrected chi connectivity index (χ2v) is 6.82. The van der Waals surface area contributed by atoms with Crippen molar-refractivity contribution in [1.29, 1.82) is 0 Å². The van der Waals surface area contributed by atoms with E-state index < -0.39 is 6.04 Å². The lowest BCUT2D eigenvalue weighted by Crippen LogP contribution is -2.47. The van der Waals surface area contributed by atoms with Crippen LogP contribution < -0.4 is 10.6 Å². The lowest BCUT2D eigenvalue weighted by Gasteiger charge is -2.28. The number of nitrogens with zero attached hydrogens (tertiary/aromatic N) is 1. The van der Waals surface area contributed by atoms with E-state index in [4.69, 9.17) is 0 Å². The summed E-state index contributed by atoms with van der Waals surface area (Å²) in [5.41, 5.74) is 2.51. The second-order valence-electron chi connectivity index (χ2n) is 6.82. The summed E-state index contributed by atoms with van der Waals surface area (Å²) in [5.74, 6) is 0.169. The van der Waals surface area contributed by atoms with E-state index in [0.717, 1.165) is 12.8 Å². The predicted octanol–water partition coefficient (Wildman–Crippen LogP) is 2.87. The van der Waals surface area contributed by atoms with E-state index >= 15 is 0 Å². The monoisotopic (exact) mass is 331 g/mol. The smallest absolute Gasteiger partial charge is 0.324 e. The van der Waals surface area contributed by atoms with Gasteiger partial charge in [0.1, 0.15) is 0 Å². The topological polar surface area (TPSA) is 61.4 Å². The average Bonchev–Trinajstić information content (AvgIpc) is 2.98. The Morgan fingerprint density at radius 2 is 1.92 bits per heavy atom. The van der Waals surface area contributed by atoms with E-state index in [2.05, 4.69) is 55.7 Å². The minimum atomic E-state index is -0.406. The second kappa shape index (κ2) is 8.29. The summed E-state index contributed by atoms with van der Waals surface area (Å²) in [4.78, 5) is 25.5. The van der Waals surface area contributed by atoms with Gasteiger partial charge < -0.3 is 5.32 Å². The van der Waals surface area contributed by atoms with E-state index in [9.17, 15) is 9.59 Å². The zero-order valence-electron chi connectivity index (χ0n) is 15.1. The van der Waals surface area contributed by atoms with Crippen molar-refractivity contribution in [2.75, 3.05) is 13.1 Å². The van der Waals surface area contributed by atoms with Gasteiger partial charge in [0.05, 0.1) is 6.04 Å². The largest absolute Gasteiger partial charge is 0.336 e. The van der Waals surface area contributed by atoms with Crippen molar-refractivity contribution in [3.63, 3.8) is 0 Å². The molecule has 0 spiro atoms. The number of carbonyl (C=O) groups excluding carboxylic acids is 2. The highest BCUT2D eigenvalue weighted by Gasteiger charge is 2.31. The number of nitrogens with one attached hydrogen (secondary N) is 2. The summed E-state index contributed by atoms with van der Waals surface area (Å²) in [5, 5.41) is 6.08. The fourth-order valence-electron chi connectivity index (χ4n) is 3.11. The first-order chi connectivity index (χ1) is 11.4. The van der Waals surface area contributed by atoms with Crippen LogP contribution >= 0.6 is 0 Å². The molecule has 0 radical (unpaired) electrons. The maximum Gasteiger partial charge on any atom is 0.324 e. The van der Waals surface area contributed by atoms with Crippen LogP contribution in [-0.2, 0) is 11.2 Å². The van der Waals surface area contributed by atoms with Gasteiger partial charge in [0.25, 0.3) is 0 Å². The molecule has 2 N–H and O–H groups in total. The summed E-state index contributed by atoms with van der Waals surface area (Å²) >= 11 is 0. The molecule has 1 aromatic carbocycles. The zero-order valence-corrected chi connectivity index (χ0v) is 15.1. The summed E-state index contributed by atoms with van der Waals surface area (Å²) in [7, 11) is 0. The first-order valence-electron chi connectivity index (χ1n) is 8.88. The van der Waals surface area contributed by atoms with Crippen LogP contribution in [0.25, 0.3) is 0 Å². The first-order valence-corrected chi connectivity index (χ1v) is 8.88. The molecule has 2 rings (SSSR count). The van der Waals surface area contributed by atoms with Gasteiger partial charge in [-0.2, -0.15) is 0 Å². The van der Waals surface area contributed by atoms with Crippen molar-refractivity contribution in [3.8, 4) is 0 Å². The number of urea groups is 1. The Hall–Kier alpha value is -1.88. The third-order valence-electron chi connectivity index (χ3n) is 4.47. The molecule has 0 saturated carbocycles. The lowest BCUT2D eigenvalue weighted by atomic mass is 9.94. The Bertz CT molecular complexity index is 568. The normalized spacial score (nSPS) is 17.0. The molecule has 1 heterocycles. The Labute approximate surface area is 144 Å². The molecule has 0 aliphatic carbocycles. The van der Waals surface area contributed by atoms with Crippen molar-refractivity contribution in [1.82, 2.24) is 15.5 Å². The van der Waals surface area contributed by atoms with Gasteiger partial charge in [-0.25, -0.2) is 4.79 Å². The molecule has 1 aliphatic rings. The van der Waals surface area contributed by atoms with Crippen LogP contribution in [0.15, 0.2) is 24.3 Å². The first kappa shape index (κ1) is 18.5. The maximum atomic E-state index is 12.5. The van der Waals surface area contributed by atoms with E-state index in [1.54, 1.807) is 0 Å². The lowest BCUT2D eigenvalue weighted by molar-refractivity contribution is -0.129. The number of hydrogen-bond donors (Lipinski definition) is 2. The third kappa shape index (κ3) is 4.35. The van der Waals surface area contributed by atoms with Crippen LogP contribution in [0, 0.1) is 5.92 Å². The standard InChI is InChI=1S/C19H29N3O2/c1-5-6-15-7-9-16(10-8-15)17(13(2)3)21-14(4)18(23)22-12-11-20-19(22)24/h7-10,13-14,17,21H,5-6,11-12H2,1-4H3,(H,20,24)/t14-,17+/m0/s1. The van der Waals surface area contributed by atoms with Gasteiger partial charge in [-0.1, -0.05) is 51.5 Å². The van der Waals surface area contributed by atoms with Crippen LogP contribution in [0.4, 0.5) is 4.79 Å². The number of carbonyl (C=O) groups is 2. The van der Waals surface area contributed by atoms with Crippen LogP contribution in [-0.4, -0.2) is 36.0 Å². The Balaban J connectivity index is 2.07. The molecule has 1 aromatic rings. The number of amides is 3. The van der Waals surface area contributed by atoms with Crippen LogP contribution in [0.5, 0.6) is 0 Å². The Morgan fingerprint density at radius 1 is 1.25 bits per heavy atom. The van der Waals surface area contributed by atoms with E-state index in [1.165, 1.54) is 16.0 Å². The molecule has 1 saturated heterocycles. The molecule has 3 amide bonds. The van der Waals surface area contributed by atoms with Crippen molar-refractivity contribution in [3.05, 3.63) is 35.4 Å². The van der Waals surface area contributed by atoms with Gasteiger partial charge >= 0.3 is 6.03 Å². The van der Waals surface area contributed by atoms with Gasteiger partial charge in [-0.05, 0) is 30.4 Å². The molecule has 2 atom stereocenters. The number of imide groups is 1. The number of hydrogen-bond acceptors (Lipinski definition) is 3. The van der Waals surface area contributed by atoms with Crippen molar-refractivity contribution in [2.45, 2.75) is 52.6 Å². The maximum absolute atomic E-state index is 12.5. The molecule has 24 heavy (non-hydrogen) atoms. The third-order valence-corrected chi connectivity index (χ3v) is 4.47. The molecule has 132 valence electrons. The van der Waals surface area contributed by atoms with Crippen molar-refractivity contribution < 1.29 is 9.59 Å². The van der Waals surface area contributed by atoms with Crippen molar-refractivity contribution >= 4 is 11.9 Å². The molecule has 0 unspecified atom stereocenters. The highest BCUT2D eigenvalue weighted by Crippen LogP contribution is 2.23. The molecule has 1 fully saturated rings. The Kier molecular flexibility index (Phi) is 6.37. The van der Waals surface area contributed by atoms with E-state index in [-0.39, 0.29) is 18.0 Å². The van der Waals surface area contributed by atoms with Gasteiger partial charge in [-0.15, -0.1) is 0 Å². The van der Waals surface area contributed by atoms with Crippen LogP contribution in [0.2, 0.25) is 0 Å². The minimum absolute atomic E-state index is 0.0743. The molecular formula is C19H29N3O2. The molecule has 0 aromatic heterocycles. The minimum Gasteiger partial charge on any atom is -0.336 e. The summed E-state index contributed by atoms with van der Waals surface area (Å²) in [6.45, 7) is 9.25. The summed E-state index contributed by atoms with van der Waals surface area (Å²) < 4.78 is 0. The van der Waals surface area contributed by atoms with Gasteiger partial charge in [0.15, 0.2) is 0 Å². The molecule has 1 aliphatic heterocycles. The van der Waals surface area contributed by atoms with Crippen LogP contribution in [0.3, 0.4) is 0 Å². The molecular weight excluding hydrogens is 302 g/mol. The highest BCUT2D eigenvalue weighted by molar-refractivity contribution is 5.98. The van der Waals surface area contributed by atoms with Gasteiger partial charge in [-0.3, -0.25) is 15.0 Å². The molecule has 5 nitrogen and oxygen atoms in total. The SMILES string of the molecule is CCCc1ccc([C@H](N[C@@H](C)C(=O)N2CCNC2=O)C(C)C)cc1. The molecule has 5 heteroatoms. The van der Waals surface area contributed by atoms with Crippen molar-refractivity contribution in [2.24, 2.45) is 5.92 Å². The summed E-state index contributed by atoms with van der Waals surface area (Å²) in [6.07, 6.45) is 2.22. The van der Waals surface area contributed by atoms with Gasteiger partial charge in [0, 0.05) is 19.1 Å². The van der Waals surface area contributed by atoms with E-state index in [0.29, 0.717) is 19.0 Å². The van der Waals surface area contributed by atoms with Crippen LogP contribution in [0.1, 0.15) is 51.3 Å². The predicted molar refractivity (Wildman–Crippen MR) is 95.7 cm³/mol. The van der Waals surface area contributed by atoms with E-state index in [1.807, 2.05) is 6.92 Å². The van der Waals surface area contributed by atoms with Gasteiger partial charge in [0.2, 0.25) is 5.91 Å². The number of aryl methyl sites for hydroxylation is 1. The highest BCUT2D eigenvalue weighted by atomic mass is 16.2. The fraction of sp³-hybridized carbons (Fsp3) is 0.579.